The van der Waals surface area contributed by atoms with Crippen molar-refractivity contribution in [3.8, 4) is 0 Å². The SMILES string of the molecule is NCC=Cc1nc(CO)cs1. The van der Waals surface area contributed by atoms with Crippen LogP contribution < -0.4 is 5.73 Å². The van der Waals surface area contributed by atoms with E-state index in [0.29, 0.717) is 12.2 Å². The molecular formula is C7H10N2OS. The Kier molecular flexibility index (Phi) is 3.22. The summed E-state index contributed by atoms with van der Waals surface area (Å²) < 4.78 is 0. The summed E-state index contributed by atoms with van der Waals surface area (Å²) in [6.45, 7) is 0.529. The number of thiazole rings is 1. The maximum atomic E-state index is 8.67. The van der Waals surface area contributed by atoms with Crippen LogP contribution in [0.5, 0.6) is 0 Å². The van der Waals surface area contributed by atoms with E-state index < -0.39 is 0 Å². The third kappa shape index (κ3) is 2.42. The normalized spacial score (nSPS) is 11.1. The summed E-state index contributed by atoms with van der Waals surface area (Å²) >= 11 is 1.50. The van der Waals surface area contributed by atoms with Gasteiger partial charge in [0.05, 0.1) is 12.3 Å². The van der Waals surface area contributed by atoms with Crippen LogP contribution in [0.2, 0.25) is 0 Å². The third-order valence-electron chi connectivity index (χ3n) is 1.13. The Hall–Kier alpha value is -0.710. The molecule has 0 radical (unpaired) electrons. The molecule has 0 aliphatic rings. The highest BCUT2D eigenvalue weighted by atomic mass is 32.1. The Balaban J connectivity index is 2.65. The molecule has 0 unspecified atom stereocenters. The van der Waals surface area contributed by atoms with Crippen LogP contribution in [-0.2, 0) is 6.61 Å². The van der Waals surface area contributed by atoms with Crippen molar-refractivity contribution in [3.63, 3.8) is 0 Å². The van der Waals surface area contributed by atoms with Crippen LogP contribution in [0.4, 0.5) is 0 Å². The van der Waals surface area contributed by atoms with Gasteiger partial charge < -0.3 is 10.8 Å². The molecule has 0 bridgehead atoms. The second kappa shape index (κ2) is 4.23. The average molecular weight is 170 g/mol. The Bertz CT molecular complexity index is 244. The summed E-state index contributed by atoms with van der Waals surface area (Å²) in [5, 5.41) is 11.4. The highest BCUT2D eigenvalue weighted by molar-refractivity contribution is 7.10. The number of nitrogens with zero attached hydrogens (tertiary/aromatic N) is 1. The second-order valence-corrected chi connectivity index (χ2v) is 2.86. The molecule has 4 heteroatoms. The number of hydrogen-bond acceptors (Lipinski definition) is 4. The molecule has 3 N–H and O–H groups in total. The van der Waals surface area contributed by atoms with Crippen molar-refractivity contribution < 1.29 is 5.11 Å². The summed E-state index contributed by atoms with van der Waals surface area (Å²) in [5.41, 5.74) is 5.97. The number of aliphatic hydroxyl groups is 1. The van der Waals surface area contributed by atoms with E-state index in [2.05, 4.69) is 4.98 Å². The topological polar surface area (TPSA) is 59.1 Å². The fourth-order valence-electron chi connectivity index (χ4n) is 0.641. The smallest absolute Gasteiger partial charge is 0.116 e. The molecule has 1 rings (SSSR count). The zero-order valence-corrected chi connectivity index (χ0v) is 6.84. The first kappa shape index (κ1) is 8.39. The fraction of sp³-hybridized carbons (Fsp3) is 0.286. The predicted octanol–water partition coefficient (Wildman–Crippen LogP) is 0.607. The van der Waals surface area contributed by atoms with E-state index in [1.165, 1.54) is 11.3 Å². The van der Waals surface area contributed by atoms with Crippen LogP contribution in [0.15, 0.2) is 11.5 Å². The van der Waals surface area contributed by atoms with Gasteiger partial charge in [0.15, 0.2) is 0 Å². The van der Waals surface area contributed by atoms with Gasteiger partial charge in [0.25, 0.3) is 0 Å². The molecular weight excluding hydrogens is 160 g/mol. The van der Waals surface area contributed by atoms with E-state index in [0.717, 1.165) is 5.01 Å². The number of rotatable bonds is 3. The molecule has 0 aromatic carbocycles. The van der Waals surface area contributed by atoms with E-state index >= 15 is 0 Å². The van der Waals surface area contributed by atoms with Gasteiger partial charge in [0.1, 0.15) is 5.01 Å². The highest BCUT2D eigenvalue weighted by Crippen LogP contribution is 2.10. The van der Waals surface area contributed by atoms with Crippen LogP contribution in [0.3, 0.4) is 0 Å². The molecule has 0 atom stereocenters. The van der Waals surface area contributed by atoms with Crippen molar-refractivity contribution in [2.24, 2.45) is 5.73 Å². The zero-order chi connectivity index (χ0) is 8.10. The van der Waals surface area contributed by atoms with Crippen molar-refractivity contribution in [3.05, 3.63) is 22.2 Å². The first-order chi connectivity index (χ1) is 5.36. The molecule has 0 spiro atoms. The first-order valence-electron chi connectivity index (χ1n) is 3.28. The van der Waals surface area contributed by atoms with Gasteiger partial charge in [-0.15, -0.1) is 11.3 Å². The lowest BCUT2D eigenvalue weighted by atomic mass is 10.5. The maximum Gasteiger partial charge on any atom is 0.116 e. The largest absolute Gasteiger partial charge is 0.390 e. The van der Waals surface area contributed by atoms with Gasteiger partial charge in [-0.2, -0.15) is 0 Å². The van der Waals surface area contributed by atoms with Crippen molar-refractivity contribution >= 4 is 17.4 Å². The summed E-state index contributed by atoms with van der Waals surface area (Å²) in [6.07, 6.45) is 3.68. The van der Waals surface area contributed by atoms with Gasteiger partial charge in [-0.3, -0.25) is 0 Å². The van der Waals surface area contributed by atoms with Gasteiger partial charge in [0.2, 0.25) is 0 Å². The van der Waals surface area contributed by atoms with Crippen molar-refractivity contribution in [2.45, 2.75) is 6.61 Å². The van der Waals surface area contributed by atoms with E-state index in [1.807, 2.05) is 17.5 Å². The molecule has 0 saturated heterocycles. The molecule has 11 heavy (non-hydrogen) atoms. The molecule has 0 saturated carbocycles. The first-order valence-corrected chi connectivity index (χ1v) is 4.16. The molecule has 0 fully saturated rings. The van der Waals surface area contributed by atoms with Gasteiger partial charge >= 0.3 is 0 Å². The molecule has 1 aromatic heterocycles. The minimum absolute atomic E-state index is 0.00691. The molecule has 1 aromatic rings. The lowest BCUT2D eigenvalue weighted by molar-refractivity contribution is 0.277. The van der Waals surface area contributed by atoms with Crippen LogP contribution in [0.1, 0.15) is 10.7 Å². The van der Waals surface area contributed by atoms with Crippen LogP contribution in [0, 0.1) is 0 Å². The van der Waals surface area contributed by atoms with E-state index in [4.69, 9.17) is 10.8 Å². The zero-order valence-electron chi connectivity index (χ0n) is 6.03. The minimum atomic E-state index is 0.00691. The summed E-state index contributed by atoms with van der Waals surface area (Å²) in [5.74, 6) is 0. The average Bonchev–Trinajstić information content (AvgIpc) is 2.48. The summed E-state index contributed by atoms with van der Waals surface area (Å²) in [7, 11) is 0. The molecule has 0 aliphatic carbocycles. The Morgan fingerprint density at radius 1 is 1.73 bits per heavy atom. The van der Waals surface area contributed by atoms with Crippen LogP contribution >= 0.6 is 11.3 Å². The van der Waals surface area contributed by atoms with E-state index in [1.54, 1.807) is 0 Å². The standard InChI is InChI=1S/C7H10N2OS/c8-3-1-2-7-9-6(4-10)5-11-7/h1-2,5,10H,3-4,8H2. The van der Waals surface area contributed by atoms with Crippen molar-refractivity contribution in [1.29, 1.82) is 0 Å². The van der Waals surface area contributed by atoms with Gasteiger partial charge in [-0.1, -0.05) is 6.08 Å². The fourth-order valence-corrected chi connectivity index (χ4v) is 1.37. The van der Waals surface area contributed by atoms with Gasteiger partial charge in [-0.25, -0.2) is 4.98 Å². The molecule has 0 amide bonds. The quantitative estimate of drug-likeness (QED) is 0.698. The van der Waals surface area contributed by atoms with Gasteiger partial charge in [0, 0.05) is 11.9 Å². The molecule has 3 nitrogen and oxygen atoms in total. The second-order valence-electron chi connectivity index (χ2n) is 1.97. The summed E-state index contributed by atoms with van der Waals surface area (Å²) in [4.78, 5) is 4.09. The Morgan fingerprint density at radius 2 is 2.55 bits per heavy atom. The lowest BCUT2D eigenvalue weighted by Gasteiger charge is -1.82. The number of hydrogen-bond donors (Lipinski definition) is 2. The molecule has 60 valence electrons. The van der Waals surface area contributed by atoms with Crippen LogP contribution in [-0.4, -0.2) is 16.6 Å². The lowest BCUT2D eigenvalue weighted by Crippen LogP contribution is -1.91. The van der Waals surface area contributed by atoms with Crippen molar-refractivity contribution in [1.82, 2.24) is 4.98 Å². The Morgan fingerprint density at radius 3 is 3.09 bits per heavy atom. The van der Waals surface area contributed by atoms with Crippen molar-refractivity contribution in [2.75, 3.05) is 6.54 Å². The number of aromatic nitrogens is 1. The monoisotopic (exact) mass is 170 g/mol. The number of nitrogens with two attached hydrogens (primary N) is 1. The molecule has 1 heterocycles. The minimum Gasteiger partial charge on any atom is -0.390 e. The Labute approximate surface area is 69.2 Å². The summed E-state index contributed by atoms with van der Waals surface area (Å²) in [6, 6.07) is 0. The predicted molar refractivity (Wildman–Crippen MR) is 46.1 cm³/mol. The van der Waals surface area contributed by atoms with E-state index in [9.17, 15) is 0 Å². The van der Waals surface area contributed by atoms with Crippen LogP contribution in [0.25, 0.3) is 6.08 Å². The third-order valence-corrected chi connectivity index (χ3v) is 1.99. The van der Waals surface area contributed by atoms with E-state index in [-0.39, 0.29) is 6.61 Å². The number of aliphatic hydroxyl groups excluding tert-OH is 1. The highest BCUT2D eigenvalue weighted by Gasteiger charge is 1.95. The molecule has 0 aliphatic heterocycles. The van der Waals surface area contributed by atoms with Gasteiger partial charge in [-0.05, 0) is 6.08 Å². The maximum absolute atomic E-state index is 8.67.